The molecule has 3 N–H and O–H groups in total. The summed E-state index contributed by atoms with van der Waals surface area (Å²) in [5.74, 6) is -0.879. The van der Waals surface area contributed by atoms with Crippen molar-refractivity contribution >= 4 is 29.7 Å². The van der Waals surface area contributed by atoms with Crippen LogP contribution in [0.1, 0.15) is 43.2 Å². The summed E-state index contributed by atoms with van der Waals surface area (Å²) in [4.78, 5) is 36.2. The van der Waals surface area contributed by atoms with E-state index < -0.39 is 30.1 Å². The number of aliphatic carboxylic acids is 1. The summed E-state index contributed by atoms with van der Waals surface area (Å²) in [6.07, 6.45) is 2.14. The summed E-state index contributed by atoms with van der Waals surface area (Å²) in [5.41, 5.74) is 4.56. The second-order valence-corrected chi connectivity index (χ2v) is 9.00. The maximum absolute atomic E-state index is 12.5. The van der Waals surface area contributed by atoms with Crippen molar-refractivity contribution in [1.82, 2.24) is 10.6 Å². The zero-order valence-electron chi connectivity index (χ0n) is 18.9. The van der Waals surface area contributed by atoms with Crippen LogP contribution in [-0.2, 0) is 14.3 Å². The number of carboxylic acids is 1. The highest BCUT2D eigenvalue weighted by atomic mass is 32.2. The van der Waals surface area contributed by atoms with Gasteiger partial charge in [-0.15, -0.1) is 0 Å². The summed E-state index contributed by atoms with van der Waals surface area (Å²) in [5, 5.41) is 14.6. The summed E-state index contributed by atoms with van der Waals surface area (Å²) in [6, 6.07) is 14.8. The van der Waals surface area contributed by atoms with Gasteiger partial charge in [0.15, 0.2) is 0 Å². The standard InChI is InChI=1S/C25H30N2O5S/c1-3-16(14-23(28)27-22(24(29)30)12-13-33-2)26-25(31)32-15-21-19-10-6-4-8-17(19)18-9-5-7-11-20(18)21/h4-11,16,21-22H,3,12-15H2,1-2H3,(H,26,31)(H,27,28)(H,29,30). The van der Waals surface area contributed by atoms with E-state index in [4.69, 9.17) is 4.74 Å². The predicted octanol–water partition coefficient (Wildman–Crippen LogP) is 4.02. The SMILES string of the molecule is CCC(CC(=O)NC(CCSC)C(=O)O)NC(=O)OCC1c2ccccc2-c2ccccc21. The molecule has 0 heterocycles. The van der Waals surface area contributed by atoms with E-state index >= 15 is 0 Å². The molecule has 2 aromatic carbocycles. The van der Waals surface area contributed by atoms with E-state index in [9.17, 15) is 19.5 Å². The molecule has 176 valence electrons. The van der Waals surface area contributed by atoms with Crippen LogP contribution in [-0.4, -0.2) is 53.8 Å². The van der Waals surface area contributed by atoms with Gasteiger partial charge in [0.1, 0.15) is 12.6 Å². The van der Waals surface area contributed by atoms with Crippen molar-refractivity contribution in [2.45, 2.75) is 44.2 Å². The molecule has 1 aliphatic carbocycles. The molecule has 0 fully saturated rings. The quantitative estimate of drug-likeness (QED) is 0.458. The summed E-state index contributed by atoms with van der Waals surface area (Å²) in [6.45, 7) is 2.04. The summed E-state index contributed by atoms with van der Waals surface area (Å²) >= 11 is 1.52. The van der Waals surface area contributed by atoms with Crippen molar-refractivity contribution in [2.75, 3.05) is 18.6 Å². The topological polar surface area (TPSA) is 105 Å². The molecule has 0 radical (unpaired) electrons. The van der Waals surface area contributed by atoms with Crippen LogP contribution in [0.4, 0.5) is 4.79 Å². The molecule has 2 unspecified atom stereocenters. The largest absolute Gasteiger partial charge is 0.480 e. The van der Waals surface area contributed by atoms with Crippen LogP contribution in [0.5, 0.6) is 0 Å². The van der Waals surface area contributed by atoms with E-state index in [1.54, 1.807) is 0 Å². The van der Waals surface area contributed by atoms with Crippen molar-refractivity contribution in [3.8, 4) is 11.1 Å². The zero-order valence-corrected chi connectivity index (χ0v) is 19.7. The number of carboxylic acid groups (broad SMARTS) is 1. The average molecular weight is 471 g/mol. The van der Waals surface area contributed by atoms with Gasteiger partial charge in [0.25, 0.3) is 0 Å². The monoisotopic (exact) mass is 470 g/mol. The molecule has 33 heavy (non-hydrogen) atoms. The van der Waals surface area contributed by atoms with Gasteiger partial charge in [-0.1, -0.05) is 55.5 Å². The third-order valence-corrected chi connectivity index (χ3v) is 6.48. The van der Waals surface area contributed by atoms with E-state index in [0.717, 1.165) is 22.3 Å². The second-order valence-electron chi connectivity index (χ2n) is 8.02. The van der Waals surface area contributed by atoms with Crippen LogP contribution >= 0.6 is 11.8 Å². The van der Waals surface area contributed by atoms with Gasteiger partial charge in [-0.3, -0.25) is 4.79 Å². The number of benzene rings is 2. The molecule has 0 saturated heterocycles. The van der Waals surface area contributed by atoms with Crippen molar-refractivity contribution < 1.29 is 24.2 Å². The average Bonchev–Trinajstić information content (AvgIpc) is 3.13. The Bertz CT molecular complexity index is 951. The Labute approximate surface area is 198 Å². The van der Waals surface area contributed by atoms with Gasteiger partial charge in [-0.05, 0) is 47.1 Å². The van der Waals surface area contributed by atoms with E-state index in [1.807, 2.05) is 37.4 Å². The minimum absolute atomic E-state index is 0.0102. The number of nitrogens with one attached hydrogen (secondary N) is 2. The molecule has 7 nitrogen and oxygen atoms in total. The van der Waals surface area contributed by atoms with Crippen LogP contribution < -0.4 is 10.6 Å². The first-order chi connectivity index (χ1) is 15.9. The Hall–Kier alpha value is -3.00. The molecule has 2 atom stereocenters. The number of amides is 2. The second kappa shape index (κ2) is 11.7. The van der Waals surface area contributed by atoms with Crippen LogP contribution in [0.15, 0.2) is 48.5 Å². The van der Waals surface area contributed by atoms with Crippen LogP contribution in [0.25, 0.3) is 11.1 Å². The minimum Gasteiger partial charge on any atom is -0.480 e. The van der Waals surface area contributed by atoms with Crippen molar-refractivity contribution in [3.63, 3.8) is 0 Å². The molecular weight excluding hydrogens is 440 g/mol. The van der Waals surface area contributed by atoms with E-state index in [1.165, 1.54) is 11.8 Å². The molecule has 1 aliphatic rings. The third-order valence-electron chi connectivity index (χ3n) is 5.83. The number of hydrogen-bond donors (Lipinski definition) is 3. The Morgan fingerprint density at radius 2 is 1.64 bits per heavy atom. The predicted molar refractivity (Wildman–Crippen MR) is 129 cm³/mol. The molecule has 0 aliphatic heterocycles. The van der Waals surface area contributed by atoms with E-state index in [-0.39, 0.29) is 18.9 Å². The van der Waals surface area contributed by atoms with Gasteiger partial charge in [0.05, 0.1) is 0 Å². The van der Waals surface area contributed by atoms with Crippen molar-refractivity contribution in [1.29, 1.82) is 0 Å². The van der Waals surface area contributed by atoms with E-state index in [0.29, 0.717) is 18.6 Å². The lowest BCUT2D eigenvalue weighted by molar-refractivity contribution is -0.141. The van der Waals surface area contributed by atoms with Gasteiger partial charge < -0.3 is 20.5 Å². The maximum Gasteiger partial charge on any atom is 0.407 e. The van der Waals surface area contributed by atoms with Gasteiger partial charge in [-0.25, -0.2) is 9.59 Å². The van der Waals surface area contributed by atoms with Gasteiger partial charge in [-0.2, -0.15) is 11.8 Å². The first kappa shape index (κ1) is 24.6. The zero-order chi connectivity index (χ0) is 23.8. The molecule has 0 spiro atoms. The molecule has 2 aromatic rings. The number of ether oxygens (including phenoxy) is 1. The number of carbonyl (C=O) groups excluding carboxylic acids is 2. The van der Waals surface area contributed by atoms with E-state index in [2.05, 4.69) is 34.9 Å². The normalized spacial score (nSPS) is 14.0. The summed E-state index contributed by atoms with van der Waals surface area (Å²) in [7, 11) is 0. The number of alkyl carbamates (subject to hydrolysis) is 1. The molecule has 8 heteroatoms. The summed E-state index contributed by atoms with van der Waals surface area (Å²) < 4.78 is 5.55. The minimum atomic E-state index is -1.06. The molecule has 2 amide bonds. The van der Waals surface area contributed by atoms with Crippen LogP contribution in [0.3, 0.4) is 0 Å². The van der Waals surface area contributed by atoms with Gasteiger partial charge in [0, 0.05) is 18.4 Å². The fraction of sp³-hybridized carbons (Fsp3) is 0.400. The Morgan fingerprint density at radius 1 is 1.03 bits per heavy atom. The highest BCUT2D eigenvalue weighted by Crippen LogP contribution is 2.44. The number of rotatable bonds is 11. The van der Waals surface area contributed by atoms with Crippen LogP contribution in [0.2, 0.25) is 0 Å². The smallest absolute Gasteiger partial charge is 0.407 e. The number of thioether (sulfide) groups is 1. The highest BCUT2D eigenvalue weighted by Gasteiger charge is 2.29. The fourth-order valence-electron chi connectivity index (χ4n) is 4.07. The molecule has 0 aromatic heterocycles. The fourth-order valence-corrected chi connectivity index (χ4v) is 4.55. The Balaban J connectivity index is 1.54. The maximum atomic E-state index is 12.5. The third kappa shape index (κ3) is 6.28. The lowest BCUT2D eigenvalue weighted by Crippen LogP contribution is -2.45. The number of carbonyl (C=O) groups is 3. The molecule has 3 rings (SSSR count). The Kier molecular flexibility index (Phi) is 8.77. The lowest BCUT2D eigenvalue weighted by atomic mass is 9.98. The van der Waals surface area contributed by atoms with Crippen LogP contribution in [0, 0.1) is 0 Å². The number of fused-ring (bicyclic) bond motifs is 3. The highest BCUT2D eigenvalue weighted by molar-refractivity contribution is 7.98. The number of hydrogen-bond acceptors (Lipinski definition) is 5. The molecule has 0 bridgehead atoms. The molecular formula is C25H30N2O5S. The first-order valence-electron chi connectivity index (χ1n) is 11.1. The van der Waals surface area contributed by atoms with Crippen molar-refractivity contribution in [3.05, 3.63) is 59.7 Å². The van der Waals surface area contributed by atoms with Gasteiger partial charge >= 0.3 is 12.1 Å². The van der Waals surface area contributed by atoms with Crippen molar-refractivity contribution in [2.24, 2.45) is 0 Å². The van der Waals surface area contributed by atoms with Gasteiger partial charge in [0.2, 0.25) is 5.91 Å². The molecule has 0 saturated carbocycles. The lowest BCUT2D eigenvalue weighted by Gasteiger charge is -2.20. The first-order valence-corrected chi connectivity index (χ1v) is 12.5. The Morgan fingerprint density at radius 3 is 2.18 bits per heavy atom.